The smallest absolute Gasteiger partial charge is 0.236 e. The highest BCUT2D eigenvalue weighted by atomic mass is 16.2. The minimum Gasteiger partial charge on any atom is -0.355 e. The Balaban J connectivity index is 1.81. The Morgan fingerprint density at radius 3 is 2.95 bits per heavy atom. The molecule has 5 heteroatoms. The summed E-state index contributed by atoms with van der Waals surface area (Å²) in [7, 11) is 0. The predicted molar refractivity (Wildman–Crippen MR) is 74.7 cm³/mol. The second-order valence-corrected chi connectivity index (χ2v) is 5.22. The number of nitrogens with one attached hydrogen (secondary N) is 2. The predicted octanol–water partition coefficient (Wildman–Crippen LogP) is 1.61. The van der Waals surface area contributed by atoms with Gasteiger partial charge < -0.3 is 10.6 Å². The summed E-state index contributed by atoms with van der Waals surface area (Å²) in [5.74, 6) is 0.0396. The van der Waals surface area contributed by atoms with E-state index in [-0.39, 0.29) is 11.9 Å². The van der Waals surface area contributed by atoms with Gasteiger partial charge in [0.2, 0.25) is 5.91 Å². The van der Waals surface area contributed by atoms with E-state index < -0.39 is 0 Å². The van der Waals surface area contributed by atoms with Crippen molar-refractivity contribution in [1.29, 1.82) is 0 Å². The summed E-state index contributed by atoms with van der Waals surface area (Å²) in [6.07, 6.45) is 7.16. The Labute approximate surface area is 114 Å². The fourth-order valence-electron chi connectivity index (χ4n) is 2.52. The number of nitrogens with zero attached hydrogens (tertiary/aromatic N) is 2. The maximum atomic E-state index is 11.6. The van der Waals surface area contributed by atoms with Crippen LogP contribution in [0.5, 0.6) is 0 Å². The van der Waals surface area contributed by atoms with Crippen molar-refractivity contribution in [2.45, 2.75) is 58.2 Å². The van der Waals surface area contributed by atoms with Crippen LogP contribution in [0.4, 0.5) is 0 Å². The van der Waals surface area contributed by atoms with Crippen LogP contribution in [0.3, 0.4) is 0 Å². The number of carbonyl (C=O) groups is 1. The molecule has 1 aliphatic carbocycles. The van der Waals surface area contributed by atoms with Crippen LogP contribution in [0.2, 0.25) is 0 Å². The van der Waals surface area contributed by atoms with E-state index in [9.17, 15) is 4.79 Å². The summed E-state index contributed by atoms with van der Waals surface area (Å²) in [6, 6.07) is 2.43. The standard InChI is InChI=1S/C14H24N4O/c1-3-15-14(19)11(2)16-10-12-8-9-18(17-12)13-6-4-5-7-13/h8-9,11,13,16H,3-7,10H2,1-2H3,(H,15,19). The lowest BCUT2D eigenvalue weighted by Gasteiger charge is -2.12. The van der Waals surface area contributed by atoms with Gasteiger partial charge in [0, 0.05) is 19.3 Å². The van der Waals surface area contributed by atoms with Crippen molar-refractivity contribution < 1.29 is 4.79 Å². The van der Waals surface area contributed by atoms with Crippen LogP contribution >= 0.6 is 0 Å². The lowest BCUT2D eigenvalue weighted by atomic mass is 10.3. The van der Waals surface area contributed by atoms with Crippen LogP contribution in [0, 0.1) is 0 Å². The van der Waals surface area contributed by atoms with Crippen LogP contribution < -0.4 is 10.6 Å². The summed E-state index contributed by atoms with van der Waals surface area (Å²) in [5, 5.41) is 10.6. The first-order chi connectivity index (χ1) is 9.20. The average molecular weight is 264 g/mol. The van der Waals surface area contributed by atoms with E-state index in [1.54, 1.807) is 0 Å². The van der Waals surface area contributed by atoms with Crippen LogP contribution in [0.1, 0.15) is 51.3 Å². The van der Waals surface area contributed by atoms with Gasteiger partial charge in [-0.25, -0.2) is 0 Å². The van der Waals surface area contributed by atoms with Crippen LogP contribution in [0.15, 0.2) is 12.3 Å². The quantitative estimate of drug-likeness (QED) is 0.820. The maximum Gasteiger partial charge on any atom is 0.236 e. The molecule has 1 saturated carbocycles. The van der Waals surface area contributed by atoms with E-state index in [1.807, 2.05) is 19.9 Å². The van der Waals surface area contributed by atoms with Gasteiger partial charge >= 0.3 is 0 Å². The molecule has 0 saturated heterocycles. The van der Waals surface area contributed by atoms with Crippen LogP contribution in [0.25, 0.3) is 0 Å². The molecule has 5 nitrogen and oxygen atoms in total. The number of carbonyl (C=O) groups excluding carboxylic acids is 1. The topological polar surface area (TPSA) is 59.0 Å². The van der Waals surface area contributed by atoms with E-state index in [2.05, 4.69) is 26.6 Å². The largest absolute Gasteiger partial charge is 0.355 e. The molecule has 1 atom stereocenters. The Kier molecular flexibility index (Phi) is 4.96. The molecular formula is C14H24N4O. The van der Waals surface area contributed by atoms with Crippen molar-refractivity contribution in [2.75, 3.05) is 6.54 Å². The highest BCUT2D eigenvalue weighted by Gasteiger charge is 2.18. The van der Waals surface area contributed by atoms with Gasteiger partial charge in [-0.1, -0.05) is 12.8 Å². The SMILES string of the molecule is CCNC(=O)C(C)NCc1ccn(C2CCCC2)n1. The first kappa shape index (κ1) is 14.1. The highest BCUT2D eigenvalue weighted by Crippen LogP contribution is 2.28. The molecule has 2 rings (SSSR count). The van der Waals surface area contributed by atoms with Crippen LogP contribution in [-0.4, -0.2) is 28.3 Å². The third-order valence-electron chi connectivity index (χ3n) is 3.70. The number of rotatable bonds is 6. The number of hydrogen-bond donors (Lipinski definition) is 2. The number of aromatic nitrogens is 2. The fourth-order valence-corrected chi connectivity index (χ4v) is 2.52. The van der Waals surface area contributed by atoms with Gasteiger partial charge in [-0.15, -0.1) is 0 Å². The van der Waals surface area contributed by atoms with Crippen molar-refractivity contribution in [3.05, 3.63) is 18.0 Å². The fraction of sp³-hybridized carbons (Fsp3) is 0.714. The second kappa shape index (κ2) is 6.70. The van der Waals surface area contributed by atoms with Gasteiger partial charge in [-0.05, 0) is 32.8 Å². The minimum absolute atomic E-state index is 0.0396. The first-order valence-corrected chi connectivity index (χ1v) is 7.26. The Morgan fingerprint density at radius 1 is 1.53 bits per heavy atom. The minimum atomic E-state index is -0.184. The molecule has 0 aliphatic heterocycles. The Morgan fingerprint density at radius 2 is 2.26 bits per heavy atom. The molecule has 1 aromatic heterocycles. The summed E-state index contributed by atoms with van der Waals surface area (Å²) < 4.78 is 2.08. The molecular weight excluding hydrogens is 240 g/mol. The van der Waals surface area contributed by atoms with Crippen molar-refractivity contribution in [1.82, 2.24) is 20.4 Å². The van der Waals surface area contributed by atoms with E-state index in [4.69, 9.17) is 0 Å². The zero-order chi connectivity index (χ0) is 13.7. The lowest BCUT2D eigenvalue weighted by Crippen LogP contribution is -2.41. The zero-order valence-corrected chi connectivity index (χ0v) is 11.9. The van der Waals surface area contributed by atoms with Gasteiger partial charge in [-0.2, -0.15) is 5.10 Å². The zero-order valence-electron chi connectivity index (χ0n) is 11.9. The third kappa shape index (κ3) is 3.80. The molecule has 106 valence electrons. The highest BCUT2D eigenvalue weighted by molar-refractivity contribution is 5.81. The van der Waals surface area contributed by atoms with E-state index in [0.717, 1.165) is 5.69 Å². The Bertz CT molecular complexity index is 409. The monoisotopic (exact) mass is 264 g/mol. The number of amides is 1. The molecule has 1 amide bonds. The van der Waals surface area contributed by atoms with E-state index in [0.29, 0.717) is 19.1 Å². The second-order valence-electron chi connectivity index (χ2n) is 5.22. The van der Waals surface area contributed by atoms with Crippen molar-refractivity contribution in [3.63, 3.8) is 0 Å². The van der Waals surface area contributed by atoms with Crippen LogP contribution in [-0.2, 0) is 11.3 Å². The molecule has 2 N–H and O–H groups in total. The molecule has 0 bridgehead atoms. The molecule has 1 aromatic rings. The maximum absolute atomic E-state index is 11.6. The molecule has 0 radical (unpaired) electrons. The van der Waals surface area contributed by atoms with Crippen molar-refractivity contribution >= 4 is 5.91 Å². The molecule has 0 aromatic carbocycles. The first-order valence-electron chi connectivity index (χ1n) is 7.26. The third-order valence-corrected chi connectivity index (χ3v) is 3.70. The van der Waals surface area contributed by atoms with Gasteiger partial charge in [-0.3, -0.25) is 9.48 Å². The summed E-state index contributed by atoms with van der Waals surface area (Å²) in [5.41, 5.74) is 1.00. The van der Waals surface area contributed by atoms with Gasteiger partial charge in [0.25, 0.3) is 0 Å². The average Bonchev–Trinajstić information content (AvgIpc) is 3.06. The molecule has 1 aliphatic rings. The molecule has 1 fully saturated rings. The molecule has 19 heavy (non-hydrogen) atoms. The summed E-state index contributed by atoms with van der Waals surface area (Å²) >= 11 is 0. The van der Waals surface area contributed by atoms with Crippen molar-refractivity contribution in [2.24, 2.45) is 0 Å². The number of likely N-dealkylation sites (N-methyl/N-ethyl adjacent to an activating group) is 1. The molecule has 0 spiro atoms. The molecule has 1 heterocycles. The molecule has 1 unspecified atom stereocenters. The lowest BCUT2D eigenvalue weighted by molar-refractivity contribution is -0.122. The summed E-state index contributed by atoms with van der Waals surface area (Å²) in [6.45, 7) is 5.10. The normalized spacial score (nSPS) is 17.6. The van der Waals surface area contributed by atoms with E-state index in [1.165, 1.54) is 25.7 Å². The van der Waals surface area contributed by atoms with Crippen molar-refractivity contribution in [3.8, 4) is 0 Å². The number of hydrogen-bond acceptors (Lipinski definition) is 3. The van der Waals surface area contributed by atoms with Gasteiger partial charge in [0.05, 0.1) is 17.8 Å². The summed E-state index contributed by atoms with van der Waals surface area (Å²) in [4.78, 5) is 11.6. The Hall–Kier alpha value is -1.36. The van der Waals surface area contributed by atoms with E-state index >= 15 is 0 Å². The van der Waals surface area contributed by atoms with Gasteiger partial charge in [0.15, 0.2) is 0 Å². The van der Waals surface area contributed by atoms with Gasteiger partial charge in [0.1, 0.15) is 0 Å².